The van der Waals surface area contributed by atoms with Gasteiger partial charge in [-0.1, -0.05) is 24.3 Å². The van der Waals surface area contributed by atoms with Crippen molar-refractivity contribution in [2.24, 2.45) is 0 Å². The summed E-state index contributed by atoms with van der Waals surface area (Å²) in [4.78, 5) is 12.7. The second-order valence-corrected chi connectivity index (χ2v) is 6.18. The van der Waals surface area contributed by atoms with Crippen LogP contribution < -0.4 is 10.5 Å². The predicted molar refractivity (Wildman–Crippen MR) is 105 cm³/mol. The topological polar surface area (TPSA) is 78.9 Å². The fourth-order valence-electron chi connectivity index (χ4n) is 2.90. The summed E-state index contributed by atoms with van der Waals surface area (Å²) >= 11 is 0. The van der Waals surface area contributed by atoms with E-state index in [0.29, 0.717) is 6.61 Å². The van der Waals surface area contributed by atoms with E-state index in [2.05, 4.69) is 21.0 Å². The van der Waals surface area contributed by atoms with Crippen LogP contribution in [0.2, 0.25) is 0 Å². The van der Waals surface area contributed by atoms with E-state index in [-0.39, 0.29) is 5.95 Å². The molecule has 2 N–H and O–H groups in total. The van der Waals surface area contributed by atoms with Crippen molar-refractivity contribution in [2.75, 3.05) is 5.73 Å². The Hall–Kier alpha value is -3.67. The van der Waals surface area contributed by atoms with Gasteiger partial charge in [-0.05, 0) is 42.3 Å². The highest BCUT2D eigenvalue weighted by molar-refractivity contribution is 5.73. The maximum Gasteiger partial charge on any atom is 0.220 e. The first-order valence-electron chi connectivity index (χ1n) is 8.59. The maximum atomic E-state index is 5.89. The Kier molecular flexibility index (Phi) is 4.53. The number of nitrogen functional groups attached to an aromatic ring is 1. The molecular formula is C21H19N5O. The number of anilines is 1. The monoisotopic (exact) mass is 357 g/mol. The third kappa shape index (κ3) is 3.64. The number of hydrogen-bond acceptors (Lipinski definition) is 5. The molecule has 0 saturated heterocycles. The van der Waals surface area contributed by atoms with Gasteiger partial charge in [0, 0.05) is 24.2 Å². The minimum Gasteiger partial charge on any atom is -0.489 e. The third-order valence-electron chi connectivity index (χ3n) is 4.24. The van der Waals surface area contributed by atoms with Crippen LogP contribution in [-0.2, 0) is 6.61 Å². The highest BCUT2D eigenvalue weighted by atomic mass is 16.5. The van der Waals surface area contributed by atoms with Crippen molar-refractivity contribution in [1.29, 1.82) is 0 Å². The lowest BCUT2D eigenvalue weighted by Gasteiger charge is -2.14. The van der Waals surface area contributed by atoms with Gasteiger partial charge in [-0.3, -0.25) is 0 Å². The highest BCUT2D eigenvalue weighted by Crippen LogP contribution is 2.29. The van der Waals surface area contributed by atoms with Crippen molar-refractivity contribution in [3.63, 3.8) is 0 Å². The average molecular weight is 357 g/mol. The second-order valence-electron chi connectivity index (χ2n) is 6.18. The molecule has 27 heavy (non-hydrogen) atoms. The van der Waals surface area contributed by atoms with Crippen LogP contribution in [0.25, 0.3) is 16.9 Å². The molecule has 0 aliphatic heterocycles. The van der Waals surface area contributed by atoms with E-state index in [1.54, 1.807) is 18.7 Å². The lowest BCUT2D eigenvalue weighted by molar-refractivity contribution is 0.306. The number of benzene rings is 2. The quantitative estimate of drug-likeness (QED) is 0.588. The first-order chi connectivity index (χ1) is 13.2. The lowest BCUT2D eigenvalue weighted by Crippen LogP contribution is -2.03. The van der Waals surface area contributed by atoms with Gasteiger partial charge in [0.1, 0.15) is 12.4 Å². The summed E-state index contributed by atoms with van der Waals surface area (Å²) in [6.45, 7) is 2.43. The van der Waals surface area contributed by atoms with Gasteiger partial charge in [0.15, 0.2) is 0 Å². The van der Waals surface area contributed by atoms with Gasteiger partial charge in [-0.25, -0.2) is 15.0 Å². The number of ether oxygens (including phenoxy) is 1. The Morgan fingerprint density at radius 2 is 1.96 bits per heavy atom. The van der Waals surface area contributed by atoms with Crippen LogP contribution in [0.5, 0.6) is 5.75 Å². The molecule has 0 spiro atoms. The molecule has 0 aliphatic carbocycles. The summed E-state index contributed by atoms with van der Waals surface area (Å²) in [6.07, 6.45) is 7.15. The molecule has 0 amide bonds. The van der Waals surface area contributed by atoms with Crippen molar-refractivity contribution < 1.29 is 4.74 Å². The van der Waals surface area contributed by atoms with Crippen LogP contribution in [0.3, 0.4) is 0 Å². The van der Waals surface area contributed by atoms with Crippen LogP contribution in [0.4, 0.5) is 5.95 Å². The first kappa shape index (κ1) is 16.8. The van der Waals surface area contributed by atoms with Gasteiger partial charge in [0.05, 0.1) is 17.7 Å². The Morgan fingerprint density at radius 3 is 2.74 bits per heavy atom. The molecular weight excluding hydrogens is 338 g/mol. The number of imidazole rings is 1. The van der Waals surface area contributed by atoms with E-state index < -0.39 is 0 Å². The van der Waals surface area contributed by atoms with Gasteiger partial charge in [0.2, 0.25) is 5.95 Å². The van der Waals surface area contributed by atoms with Crippen molar-refractivity contribution in [3.05, 3.63) is 84.6 Å². The Morgan fingerprint density at radius 1 is 1.11 bits per heavy atom. The van der Waals surface area contributed by atoms with Crippen LogP contribution in [-0.4, -0.2) is 19.5 Å². The summed E-state index contributed by atoms with van der Waals surface area (Å²) in [5.74, 6) is 1.08. The molecule has 4 rings (SSSR count). The van der Waals surface area contributed by atoms with E-state index in [9.17, 15) is 0 Å². The molecule has 6 heteroatoms. The minimum atomic E-state index is 0.248. The lowest BCUT2D eigenvalue weighted by atomic mass is 10.0. The fraction of sp³-hybridized carbons (Fsp3) is 0.0952. The molecule has 0 radical (unpaired) electrons. The number of nitrogens with zero attached hydrogens (tertiary/aromatic N) is 4. The van der Waals surface area contributed by atoms with Gasteiger partial charge in [-0.15, -0.1) is 0 Å². The number of hydrogen-bond donors (Lipinski definition) is 1. The summed E-state index contributed by atoms with van der Waals surface area (Å²) in [5.41, 5.74) is 10.5. The van der Waals surface area contributed by atoms with Crippen molar-refractivity contribution in [2.45, 2.75) is 13.5 Å². The molecule has 6 nitrogen and oxygen atoms in total. The van der Waals surface area contributed by atoms with Gasteiger partial charge in [-0.2, -0.15) is 0 Å². The predicted octanol–water partition coefficient (Wildman–Crippen LogP) is 3.80. The maximum absolute atomic E-state index is 5.89. The van der Waals surface area contributed by atoms with Crippen LogP contribution in [0, 0.1) is 6.92 Å². The van der Waals surface area contributed by atoms with Crippen LogP contribution in [0.15, 0.2) is 73.4 Å². The van der Waals surface area contributed by atoms with E-state index in [1.807, 2.05) is 60.2 Å². The number of rotatable bonds is 5. The molecule has 4 aromatic rings. The summed E-state index contributed by atoms with van der Waals surface area (Å²) in [5, 5.41) is 0. The summed E-state index contributed by atoms with van der Waals surface area (Å²) in [6, 6.07) is 15.9. The Labute approximate surface area is 157 Å². The average Bonchev–Trinajstić information content (AvgIpc) is 3.23. The van der Waals surface area contributed by atoms with Gasteiger partial charge < -0.3 is 15.0 Å². The minimum absolute atomic E-state index is 0.248. The second kappa shape index (κ2) is 7.29. The largest absolute Gasteiger partial charge is 0.489 e. The molecule has 134 valence electrons. The zero-order valence-electron chi connectivity index (χ0n) is 14.9. The zero-order chi connectivity index (χ0) is 18.6. The highest BCUT2D eigenvalue weighted by Gasteiger charge is 2.13. The molecule has 0 bridgehead atoms. The normalized spacial score (nSPS) is 10.7. The zero-order valence-corrected chi connectivity index (χ0v) is 14.9. The standard InChI is InChI=1S/C21H19N5O/c1-15-12-24-21(22)25-20(15)18-11-16(13-27-17-5-3-2-4-6-17)7-8-19(18)26-10-9-23-14-26/h2-12,14H,13H2,1H3,(H2,22,24,25). The van der Waals surface area contributed by atoms with Crippen LogP contribution in [0.1, 0.15) is 11.1 Å². The van der Waals surface area contributed by atoms with Crippen molar-refractivity contribution >= 4 is 5.95 Å². The van der Waals surface area contributed by atoms with Crippen molar-refractivity contribution in [3.8, 4) is 22.7 Å². The number of aromatic nitrogens is 4. The molecule has 0 saturated carbocycles. The van der Waals surface area contributed by atoms with Gasteiger partial charge >= 0.3 is 0 Å². The summed E-state index contributed by atoms with van der Waals surface area (Å²) < 4.78 is 7.84. The molecule has 0 aliphatic rings. The van der Waals surface area contributed by atoms with E-state index in [4.69, 9.17) is 10.5 Å². The molecule has 2 heterocycles. The Balaban J connectivity index is 1.75. The first-order valence-corrected chi connectivity index (χ1v) is 8.59. The number of nitrogens with two attached hydrogens (primary N) is 1. The molecule has 2 aromatic heterocycles. The fourth-order valence-corrected chi connectivity index (χ4v) is 2.90. The molecule has 0 fully saturated rings. The third-order valence-corrected chi connectivity index (χ3v) is 4.24. The van der Waals surface area contributed by atoms with E-state index in [1.165, 1.54) is 0 Å². The van der Waals surface area contributed by atoms with E-state index in [0.717, 1.165) is 33.8 Å². The molecule has 0 atom stereocenters. The van der Waals surface area contributed by atoms with Crippen LogP contribution >= 0.6 is 0 Å². The Bertz CT molecular complexity index is 1050. The smallest absolute Gasteiger partial charge is 0.220 e. The SMILES string of the molecule is Cc1cnc(N)nc1-c1cc(COc2ccccc2)ccc1-n1ccnc1. The van der Waals surface area contributed by atoms with Gasteiger partial charge in [0.25, 0.3) is 0 Å². The molecule has 2 aromatic carbocycles. The van der Waals surface area contributed by atoms with Crippen molar-refractivity contribution in [1.82, 2.24) is 19.5 Å². The number of para-hydroxylation sites is 1. The summed E-state index contributed by atoms with van der Waals surface area (Å²) in [7, 11) is 0. The number of aryl methyl sites for hydroxylation is 1. The molecule has 0 unspecified atom stereocenters. The van der Waals surface area contributed by atoms with E-state index >= 15 is 0 Å².